The van der Waals surface area contributed by atoms with Crippen LogP contribution in [0.25, 0.3) is 11.1 Å². The molecule has 11 heteroatoms. The molecule has 2 aromatic rings. The average molecular weight is 522 g/mol. The van der Waals surface area contributed by atoms with Crippen molar-refractivity contribution in [2.45, 2.75) is 50.5 Å². The molecular weight excluding hydrogens is 489 g/mol. The maximum absolute atomic E-state index is 13.1. The Hall–Kier alpha value is -3.02. The summed E-state index contributed by atoms with van der Waals surface area (Å²) in [5.74, 6) is -1.75. The second kappa shape index (κ2) is 11.4. The van der Waals surface area contributed by atoms with E-state index in [9.17, 15) is 27.6 Å². The van der Waals surface area contributed by atoms with E-state index in [4.69, 9.17) is 4.74 Å². The molecule has 0 unspecified atom stereocenters. The molecule has 2 aromatic carbocycles. The lowest BCUT2D eigenvalue weighted by Crippen LogP contribution is -2.45. The molecule has 1 fully saturated rings. The Kier molecular flexibility index (Phi) is 8.70. The van der Waals surface area contributed by atoms with Crippen molar-refractivity contribution >= 4 is 21.8 Å². The van der Waals surface area contributed by atoms with Crippen molar-refractivity contribution in [1.82, 2.24) is 15.5 Å². The molecule has 1 aliphatic heterocycles. The van der Waals surface area contributed by atoms with Crippen molar-refractivity contribution in [3.05, 3.63) is 54.3 Å². The summed E-state index contributed by atoms with van der Waals surface area (Å²) in [6.45, 7) is 6.26. The molecule has 3 rings (SSSR count). The van der Waals surface area contributed by atoms with Crippen LogP contribution in [-0.4, -0.2) is 60.3 Å². The predicted octanol–water partition coefficient (Wildman–Crippen LogP) is 3.98. The Morgan fingerprint density at radius 2 is 1.58 bits per heavy atom. The molecule has 196 valence electrons. The summed E-state index contributed by atoms with van der Waals surface area (Å²) >= 11 is 0. The van der Waals surface area contributed by atoms with E-state index in [1.807, 2.05) is 0 Å². The zero-order valence-corrected chi connectivity index (χ0v) is 21.4. The number of amides is 2. The highest BCUT2D eigenvalue weighted by molar-refractivity contribution is 7.91. The van der Waals surface area contributed by atoms with Gasteiger partial charge in [-0.2, -0.15) is 5.43 Å². The minimum absolute atomic E-state index is 0.0104. The van der Waals surface area contributed by atoms with E-state index in [1.54, 1.807) is 49.9 Å². The molecule has 1 heterocycles. The molecular formula is C25H32FN3O6S. The molecule has 0 saturated carbocycles. The number of carbonyl (C=O) groups is 2. The quantitative estimate of drug-likeness (QED) is 0.418. The summed E-state index contributed by atoms with van der Waals surface area (Å²) in [4.78, 5) is 26.1. The second-order valence-electron chi connectivity index (χ2n) is 9.77. The topological polar surface area (TPSA) is 116 Å². The van der Waals surface area contributed by atoms with Crippen LogP contribution >= 0.6 is 0 Å². The molecule has 0 aromatic heterocycles. The van der Waals surface area contributed by atoms with Crippen LogP contribution in [0.1, 0.15) is 40.0 Å². The highest BCUT2D eigenvalue weighted by Gasteiger charge is 2.29. The Balaban J connectivity index is 1.47. The van der Waals surface area contributed by atoms with Crippen molar-refractivity contribution in [3.63, 3.8) is 0 Å². The lowest BCUT2D eigenvalue weighted by atomic mass is 9.93. The predicted molar refractivity (Wildman–Crippen MR) is 131 cm³/mol. The van der Waals surface area contributed by atoms with Gasteiger partial charge in [-0.3, -0.25) is 10.0 Å². The minimum atomic E-state index is -3.84. The molecule has 36 heavy (non-hydrogen) atoms. The van der Waals surface area contributed by atoms with Gasteiger partial charge in [0.2, 0.25) is 0 Å². The van der Waals surface area contributed by atoms with E-state index in [0.29, 0.717) is 25.9 Å². The molecule has 9 nitrogen and oxygen atoms in total. The van der Waals surface area contributed by atoms with Gasteiger partial charge in [0.1, 0.15) is 17.3 Å². The fraction of sp³-hybridized carbons (Fsp3) is 0.440. The van der Waals surface area contributed by atoms with Gasteiger partial charge in [-0.25, -0.2) is 17.6 Å². The third kappa shape index (κ3) is 7.74. The zero-order chi connectivity index (χ0) is 26.5. The van der Waals surface area contributed by atoms with Crippen LogP contribution in [0.5, 0.6) is 0 Å². The third-order valence-corrected chi connectivity index (χ3v) is 7.26. The van der Waals surface area contributed by atoms with Gasteiger partial charge in [0, 0.05) is 19.5 Å². The Labute approximate surface area is 210 Å². The number of nitrogens with one attached hydrogen (secondary N) is 1. The Morgan fingerprint density at radius 3 is 2.11 bits per heavy atom. The highest BCUT2D eigenvalue weighted by atomic mass is 32.2. The molecule has 1 saturated heterocycles. The fourth-order valence-electron chi connectivity index (χ4n) is 3.79. The molecule has 2 N–H and O–H groups in total. The number of sulfone groups is 1. The third-order valence-electron chi connectivity index (χ3n) is 5.76. The summed E-state index contributed by atoms with van der Waals surface area (Å²) in [5, 5.41) is 10.2. The van der Waals surface area contributed by atoms with Crippen molar-refractivity contribution in [3.8, 4) is 11.1 Å². The number of likely N-dealkylation sites (tertiary alicyclic amines) is 1. The van der Waals surface area contributed by atoms with E-state index in [0.717, 1.165) is 11.1 Å². The zero-order valence-electron chi connectivity index (χ0n) is 20.6. The number of rotatable bonds is 7. The summed E-state index contributed by atoms with van der Waals surface area (Å²) < 4.78 is 43.7. The van der Waals surface area contributed by atoms with Gasteiger partial charge in [-0.1, -0.05) is 24.3 Å². The number of hydrogen-bond acceptors (Lipinski definition) is 7. The number of nitrogens with zero attached hydrogens (tertiary/aromatic N) is 2. The monoisotopic (exact) mass is 521 g/mol. The SMILES string of the molecule is CC(C)(C)OC(=O)N1CCC(CC(=O)N(O)NCS(=O)(=O)c2ccc(-c3ccc(F)cc3)cc2)CC1. The number of hydroxylamine groups is 1. The normalized spacial score (nSPS) is 15.0. The average Bonchev–Trinajstić information content (AvgIpc) is 2.82. The Bertz CT molecular complexity index is 1160. The first kappa shape index (κ1) is 27.6. The van der Waals surface area contributed by atoms with Gasteiger partial charge in [-0.15, -0.1) is 5.17 Å². The van der Waals surface area contributed by atoms with E-state index in [2.05, 4.69) is 5.43 Å². The first-order valence-corrected chi connectivity index (χ1v) is 13.3. The lowest BCUT2D eigenvalue weighted by molar-refractivity contribution is -0.179. The first-order valence-electron chi connectivity index (χ1n) is 11.7. The van der Waals surface area contributed by atoms with Gasteiger partial charge in [0.15, 0.2) is 9.84 Å². The van der Waals surface area contributed by atoms with Crippen molar-refractivity contribution in [2.75, 3.05) is 19.0 Å². The number of carbonyl (C=O) groups excluding carboxylic acids is 2. The first-order chi connectivity index (χ1) is 16.8. The highest BCUT2D eigenvalue weighted by Crippen LogP contribution is 2.24. The van der Waals surface area contributed by atoms with Crippen LogP contribution in [0.4, 0.5) is 9.18 Å². The molecule has 0 atom stereocenters. The molecule has 0 spiro atoms. The number of hydrazine groups is 1. The number of ether oxygens (including phenoxy) is 1. The number of piperidine rings is 1. The smallest absolute Gasteiger partial charge is 0.410 e. The lowest BCUT2D eigenvalue weighted by Gasteiger charge is -2.33. The van der Waals surface area contributed by atoms with Gasteiger partial charge in [-0.05, 0) is 74.9 Å². The maximum atomic E-state index is 13.1. The Morgan fingerprint density at radius 1 is 1.06 bits per heavy atom. The van der Waals surface area contributed by atoms with Crippen LogP contribution < -0.4 is 5.43 Å². The molecule has 0 aliphatic carbocycles. The van der Waals surface area contributed by atoms with Crippen LogP contribution in [0.3, 0.4) is 0 Å². The summed E-state index contributed by atoms with van der Waals surface area (Å²) in [5.41, 5.74) is 3.12. The summed E-state index contributed by atoms with van der Waals surface area (Å²) in [6.07, 6.45) is 0.751. The van der Waals surface area contributed by atoms with E-state index < -0.39 is 33.3 Å². The maximum Gasteiger partial charge on any atom is 0.410 e. The van der Waals surface area contributed by atoms with Gasteiger partial charge in [0.25, 0.3) is 5.91 Å². The number of hydrogen-bond donors (Lipinski definition) is 2. The van der Waals surface area contributed by atoms with Gasteiger partial charge in [0.05, 0.1) is 4.90 Å². The van der Waals surface area contributed by atoms with Crippen molar-refractivity contribution in [2.24, 2.45) is 5.92 Å². The molecule has 0 bridgehead atoms. The fourth-order valence-corrected chi connectivity index (χ4v) is 4.80. The van der Waals surface area contributed by atoms with E-state index >= 15 is 0 Å². The molecule has 0 radical (unpaired) electrons. The van der Waals surface area contributed by atoms with Crippen LogP contribution in [0, 0.1) is 11.7 Å². The number of halogens is 1. The minimum Gasteiger partial charge on any atom is -0.444 e. The van der Waals surface area contributed by atoms with Crippen LogP contribution in [0.15, 0.2) is 53.4 Å². The molecule has 2 amide bonds. The largest absolute Gasteiger partial charge is 0.444 e. The van der Waals surface area contributed by atoms with Crippen molar-refractivity contribution < 1.29 is 32.3 Å². The number of benzene rings is 2. The summed E-state index contributed by atoms with van der Waals surface area (Å²) in [6, 6.07) is 11.9. The van der Waals surface area contributed by atoms with Gasteiger partial charge >= 0.3 is 6.09 Å². The second-order valence-corrected chi connectivity index (χ2v) is 11.8. The van der Waals surface area contributed by atoms with Gasteiger partial charge < -0.3 is 9.64 Å². The molecule has 1 aliphatic rings. The van der Waals surface area contributed by atoms with Crippen molar-refractivity contribution in [1.29, 1.82) is 0 Å². The van der Waals surface area contributed by atoms with Crippen LogP contribution in [0.2, 0.25) is 0 Å². The van der Waals surface area contributed by atoms with E-state index in [1.165, 1.54) is 24.3 Å². The summed E-state index contributed by atoms with van der Waals surface area (Å²) in [7, 11) is -3.84. The van der Waals surface area contributed by atoms with E-state index in [-0.39, 0.29) is 28.2 Å². The van der Waals surface area contributed by atoms with Crippen LogP contribution in [-0.2, 0) is 19.4 Å². The standard InChI is InChI=1S/C25H32FN3O6S/c1-25(2,3)35-24(31)28-14-12-18(13-15-28)16-23(30)29(32)27-17-36(33,34)22-10-6-20(7-11-22)19-4-8-21(26)9-5-19/h4-11,18,27,32H,12-17H2,1-3H3.